The number of guanidine groups is 1. The Morgan fingerprint density at radius 1 is 1.06 bits per heavy atom. The van der Waals surface area contributed by atoms with E-state index in [4.69, 9.17) is 4.74 Å². The number of amides is 1. The third-order valence-corrected chi connectivity index (χ3v) is 4.11. The quantitative estimate of drug-likeness (QED) is 0.417. The summed E-state index contributed by atoms with van der Waals surface area (Å²) in [5, 5.41) is 8.73. The minimum Gasteiger partial charge on any atom is -0.484 e. The van der Waals surface area contributed by atoms with Crippen LogP contribution in [-0.2, 0) is 17.9 Å². The third-order valence-electron chi connectivity index (χ3n) is 4.11. The van der Waals surface area contributed by atoms with Crippen LogP contribution in [0.2, 0.25) is 0 Å². The number of alkyl halides is 3. The van der Waals surface area contributed by atoms with Crippen molar-refractivity contribution in [2.24, 2.45) is 4.99 Å². The van der Waals surface area contributed by atoms with Crippen molar-refractivity contribution in [2.75, 3.05) is 19.7 Å². The minimum atomic E-state index is -4.42. The average molecular weight is 436 g/mol. The number of ether oxygens (including phenoxy) is 1. The van der Waals surface area contributed by atoms with E-state index in [1.54, 1.807) is 25.1 Å². The van der Waals surface area contributed by atoms with Gasteiger partial charge in [-0.15, -0.1) is 0 Å². The van der Waals surface area contributed by atoms with E-state index in [-0.39, 0.29) is 24.7 Å². The Labute approximate surface area is 179 Å². The standard InChI is InChI=1S/C22H27F3N4O2/c1-3-26-21(29-14-20(30)27-12-17-7-5-4-6-8-17)28-13-18-10-9-16(2)11-19(18)31-15-22(23,24)25/h4-11H,3,12-15H2,1-2H3,(H,27,30)(H2,26,28,29). The first-order chi connectivity index (χ1) is 14.8. The molecule has 0 saturated heterocycles. The molecule has 168 valence electrons. The Balaban J connectivity index is 1.95. The molecule has 0 bridgehead atoms. The summed E-state index contributed by atoms with van der Waals surface area (Å²) in [5.41, 5.74) is 2.28. The molecule has 3 N–H and O–H groups in total. The van der Waals surface area contributed by atoms with Crippen LogP contribution >= 0.6 is 0 Å². The number of hydrogen-bond acceptors (Lipinski definition) is 3. The zero-order chi connectivity index (χ0) is 22.7. The lowest BCUT2D eigenvalue weighted by Gasteiger charge is -2.14. The molecule has 6 nitrogen and oxygen atoms in total. The van der Waals surface area contributed by atoms with Crippen molar-refractivity contribution >= 4 is 11.9 Å². The number of aryl methyl sites for hydroxylation is 1. The molecule has 0 saturated carbocycles. The lowest BCUT2D eigenvalue weighted by atomic mass is 10.1. The Bertz CT molecular complexity index is 871. The molecule has 1 amide bonds. The normalized spacial score (nSPS) is 11.7. The molecule has 0 spiro atoms. The number of nitrogens with zero attached hydrogens (tertiary/aromatic N) is 1. The molecule has 31 heavy (non-hydrogen) atoms. The predicted octanol–water partition coefficient (Wildman–Crippen LogP) is 3.31. The van der Waals surface area contributed by atoms with Crippen molar-refractivity contribution in [3.63, 3.8) is 0 Å². The zero-order valence-corrected chi connectivity index (χ0v) is 17.6. The summed E-state index contributed by atoms with van der Waals surface area (Å²) in [4.78, 5) is 16.4. The summed E-state index contributed by atoms with van der Waals surface area (Å²) >= 11 is 0. The Morgan fingerprint density at radius 2 is 1.81 bits per heavy atom. The van der Waals surface area contributed by atoms with Gasteiger partial charge in [0.25, 0.3) is 0 Å². The van der Waals surface area contributed by atoms with Gasteiger partial charge in [-0.1, -0.05) is 42.5 Å². The summed E-state index contributed by atoms with van der Waals surface area (Å²) in [6, 6.07) is 14.5. The van der Waals surface area contributed by atoms with E-state index < -0.39 is 12.8 Å². The van der Waals surface area contributed by atoms with Gasteiger partial charge in [-0.3, -0.25) is 4.79 Å². The molecule has 2 aromatic rings. The number of carbonyl (C=O) groups is 1. The molecule has 0 aliphatic heterocycles. The summed E-state index contributed by atoms with van der Waals surface area (Å²) in [7, 11) is 0. The maximum atomic E-state index is 12.5. The van der Waals surface area contributed by atoms with Crippen LogP contribution in [0.1, 0.15) is 23.6 Å². The van der Waals surface area contributed by atoms with Crippen LogP contribution < -0.4 is 20.7 Å². The number of hydrogen-bond donors (Lipinski definition) is 3. The van der Waals surface area contributed by atoms with Crippen LogP contribution in [-0.4, -0.2) is 37.7 Å². The molecule has 0 aliphatic rings. The minimum absolute atomic E-state index is 0.00396. The van der Waals surface area contributed by atoms with Crippen LogP contribution in [0.25, 0.3) is 0 Å². The number of carbonyl (C=O) groups excluding carboxylic acids is 1. The Kier molecular flexibility index (Phi) is 9.17. The first kappa shape index (κ1) is 24.0. The third kappa shape index (κ3) is 9.41. The van der Waals surface area contributed by atoms with E-state index in [1.165, 1.54) is 0 Å². The fourth-order valence-corrected chi connectivity index (χ4v) is 2.62. The molecule has 0 aliphatic carbocycles. The Hall–Kier alpha value is -3.23. The van der Waals surface area contributed by atoms with Gasteiger partial charge in [0.1, 0.15) is 5.75 Å². The van der Waals surface area contributed by atoms with E-state index in [0.29, 0.717) is 24.6 Å². The second-order valence-corrected chi connectivity index (χ2v) is 6.83. The summed E-state index contributed by atoms with van der Waals surface area (Å²) < 4.78 is 42.5. The molecule has 0 atom stereocenters. The number of benzene rings is 2. The van der Waals surface area contributed by atoms with Gasteiger partial charge in [0.05, 0.1) is 13.1 Å². The molecular weight excluding hydrogens is 409 g/mol. The second kappa shape index (κ2) is 11.8. The van der Waals surface area contributed by atoms with Crippen LogP contribution in [0.3, 0.4) is 0 Å². The van der Waals surface area contributed by atoms with E-state index in [2.05, 4.69) is 20.9 Å². The van der Waals surface area contributed by atoms with Gasteiger partial charge in [-0.25, -0.2) is 4.99 Å². The molecule has 0 fully saturated rings. The van der Waals surface area contributed by atoms with Crippen molar-refractivity contribution in [3.8, 4) is 5.75 Å². The summed E-state index contributed by atoms with van der Waals surface area (Å²) in [6.07, 6.45) is -4.42. The molecule has 9 heteroatoms. The van der Waals surface area contributed by atoms with E-state index in [1.807, 2.05) is 37.3 Å². The Morgan fingerprint density at radius 3 is 2.48 bits per heavy atom. The number of aliphatic imine (C=N–C) groups is 1. The molecule has 0 aromatic heterocycles. The number of halogens is 3. The van der Waals surface area contributed by atoms with Crippen molar-refractivity contribution in [3.05, 3.63) is 65.2 Å². The average Bonchev–Trinajstić information content (AvgIpc) is 2.73. The highest BCUT2D eigenvalue weighted by atomic mass is 19.4. The van der Waals surface area contributed by atoms with Gasteiger partial charge in [0.2, 0.25) is 5.91 Å². The van der Waals surface area contributed by atoms with Gasteiger partial charge in [0.15, 0.2) is 12.6 Å². The number of rotatable bonds is 9. The van der Waals surface area contributed by atoms with Crippen molar-refractivity contribution < 1.29 is 22.7 Å². The first-order valence-electron chi connectivity index (χ1n) is 9.88. The van der Waals surface area contributed by atoms with E-state index in [0.717, 1.165) is 11.1 Å². The maximum Gasteiger partial charge on any atom is 0.422 e. The second-order valence-electron chi connectivity index (χ2n) is 6.83. The molecule has 0 unspecified atom stereocenters. The lowest BCUT2D eigenvalue weighted by Crippen LogP contribution is -2.43. The highest BCUT2D eigenvalue weighted by Gasteiger charge is 2.28. The van der Waals surface area contributed by atoms with Crippen LogP contribution in [0.4, 0.5) is 13.2 Å². The molecule has 2 rings (SSSR count). The van der Waals surface area contributed by atoms with Gasteiger partial charge in [0, 0.05) is 18.7 Å². The van der Waals surface area contributed by atoms with Crippen LogP contribution in [0, 0.1) is 6.92 Å². The molecule has 0 heterocycles. The van der Waals surface area contributed by atoms with Crippen molar-refractivity contribution in [1.82, 2.24) is 16.0 Å². The van der Waals surface area contributed by atoms with Gasteiger partial charge < -0.3 is 20.7 Å². The van der Waals surface area contributed by atoms with Gasteiger partial charge >= 0.3 is 6.18 Å². The maximum absolute atomic E-state index is 12.5. The van der Waals surface area contributed by atoms with E-state index >= 15 is 0 Å². The largest absolute Gasteiger partial charge is 0.484 e. The highest BCUT2D eigenvalue weighted by molar-refractivity contribution is 5.86. The molecule has 0 radical (unpaired) electrons. The van der Waals surface area contributed by atoms with Crippen LogP contribution in [0.15, 0.2) is 53.5 Å². The topological polar surface area (TPSA) is 74.8 Å². The molecule has 2 aromatic carbocycles. The van der Waals surface area contributed by atoms with E-state index in [9.17, 15) is 18.0 Å². The number of nitrogens with one attached hydrogen (secondary N) is 3. The first-order valence-corrected chi connectivity index (χ1v) is 9.88. The van der Waals surface area contributed by atoms with Crippen LogP contribution in [0.5, 0.6) is 5.75 Å². The van der Waals surface area contributed by atoms with Gasteiger partial charge in [-0.05, 0) is 31.0 Å². The fourth-order valence-electron chi connectivity index (χ4n) is 2.62. The highest BCUT2D eigenvalue weighted by Crippen LogP contribution is 2.24. The fraction of sp³-hybridized carbons (Fsp3) is 0.364. The molecular formula is C22H27F3N4O2. The van der Waals surface area contributed by atoms with Crippen molar-refractivity contribution in [2.45, 2.75) is 33.1 Å². The monoisotopic (exact) mass is 436 g/mol. The van der Waals surface area contributed by atoms with Crippen molar-refractivity contribution in [1.29, 1.82) is 0 Å². The zero-order valence-electron chi connectivity index (χ0n) is 17.6. The predicted molar refractivity (Wildman–Crippen MR) is 114 cm³/mol. The summed E-state index contributed by atoms with van der Waals surface area (Å²) in [6.45, 7) is 3.34. The lowest BCUT2D eigenvalue weighted by molar-refractivity contribution is -0.153. The summed E-state index contributed by atoms with van der Waals surface area (Å²) in [5.74, 6) is 0.302. The smallest absolute Gasteiger partial charge is 0.422 e. The SMILES string of the molecule is CCNC(=NCc1ccc(C)cc1OCC(F)(F)F)NCC(=O)NCc1ccccc1. The van der Waals surface area contributed by atoms with Gasteiger partial charge in [-0.2, -0.15) is 13.2 Å².